The molecule has 0 bridgehead atoms. The van der Waals surface area contributed by atoms with E-state index < -0.39 is 0 Å². The molecule has 0 aromatic carbocycles. The molecular formula is C13H21NOS. The molecule has 1 rings (SSSR count). The zero-order valence-corrected chi connectivity index (χ0v) is 11.3. The van der Waals surface area contributed by atoms with Crippen molar-refractivity contribution in [2.45, 2.75) is 52.9 Å². The minimum atomic E-state index is 0.215. The molecule has 1 heterocycles. The maximum atomic E-state index is 11.9. The Balaban J connectivity index is 2.48. The number of thiazole rings is 1. The van der Waals surface area contributed by atoms with Gasteiger partial charge in [0.1, 0.15) is 5.69 Å². The van der Waals surface area contributed by atoms with Gasteiger partial charge in [-0.05, 0) is 12.8 Å². The van der Waals surface area contributed by atoms with Gasteiger partial charge in [0, 0.05) is 11.8 Å². The van der Waals surface area contributed by atoms with Crippen molar-refractivity contribution < 1.29 is 4.79 Å². The lowest BCUT2D eigenvalue weighted by molar-refractivity contribution is 0.0952. The Morgan fingerprint density at radius 3 is 2.75 bits per heavy atom. The van der Waals surface area contributed by atoms with Crippen LogP contribution in [0.25, 0.3) is 0 Å². The summed E-state index contributed by atoms with van der Waals surface area (Å²) in [6.45, 7) is 6.30. The van der Waals surface area contributed by atoms with Crippen molar-refractivity contribution in [1.29, 1.82) is 0 Å². The summed E-state index contributed by atoms with van der Waals surface area (Å²) < 4.78 is 0. The smallest absolute Gasteiger partial charge is 0.182 e. The Kier molecular flexibility index (Phi) is 5.67. The third-order valence-corrected chi connectivity index (χ3v) is 3.70. The summed E-state index contributed by atoms with van der Waals surface area (Å²) in [6.07, 6.45) is 5.36. The predicted molar refractivity (Wildman–Crippen MR) is 69.1 cm³/mol. The Bertz CT molecular complexity index is 332. The largest absolute Gasteiger partial charge is 0.292 e. The molecule has 0 saturated heterocycles. The summed E-state index contributed by atoms with van der Waals surface area (Å²) in [5.41, 5.74) is 0.664. The summed E-state index contributed by atoms with van der Waals surface area (Å²) in [7, 11) is 0. The van der Waals surface area contributed by atoms with Crippen molar-refractivity contribution in [1.82, 2.24) is 4.98 Å². The zero-order valence-electron chi connectivity index (χ0n) is 10.5. The minimum Gasteiger partial charge on any atom is -0.292 e. The molecule has 0 saturated carbocycles. The van der Waals surface area contributed by atoms with Crippen LogP contribution in [-0.2, 0) is 0 Å². The van der Waals surface area contributed by atoms with Crippen LogP contribution in [0, 0.1) is 12.8 Å². The first-order valence-electron chi connectivity index (χ1n) is 6.12. The Hall–Kier alpha value is -0.700. The van der Waals surface area contributed by atoms with Crippen molar-refractivity contribution in [2.24, 2.45) is 5.92 Å². The lowest BCUT2D eigenvalue weighted by Gasteiger charge is -2.12. The molecule has 0 spiro atoms. The van der Waals surface area contributed by atoms with E-state index in [1.54, 1.807) is 11.3 Å². The second-order valence-electron chi connectivity index (χ2n) is 4.30. The van der Waals surface area contributed by atoms with E-state index in [-0.39, 0.29) is 5.78 Å². The highest BCUT2D eigenvalue weighted by Crippen LogP contribution is 2.20. The second-order valence-corrected chi connectivity index (χ2v) is 5.36. The average molecular weight is 239 g/mol. The number of aromatic nitrogens is 1. The first-order valence-corrected chi connectivity index (χ1v) is 7.00. The quantitative estimate of drug-likeness (QED) is 0.666. The first kappa shape index (κ1) is 13.4. The van der Waals surface area contributed by atoms with Crippen LogP contribution in [0.2, 0.25) is 0 Å². The number of Topliss-reactive ketones (excluding diaryl/α,β-unsaturated/α-hetero) is 1. The molecule has 3 heteroatoms. The van der Waals surface area contributed by atoms with Gasteiger partial charge in [0.05, 0.1) is 5.01 Å². The topological polar surface area (TPSA) is 30.0 Å². The van der Waals surface area contributed by atoms with Crippen LogP contribution in [0.1, 0.15) is 61.4 Å². The van der Waals surface area contributed by atoms with E-state index >= 15 is 0 Å². The summed E-state index contributed by atoms with van der Waals surface area (Å²) in [4.78, 5) is 16.2. The number of aryl methyl sites for hydroxylation is 1. The number of unbranched alkanes of at least 4 members (excludes halogenated alkanes) is 1. The molecule has 1 aromatic heterocycles. The van der Waals surface area contributed by atoms with Gasteiger partial charge >= 0.3 is 0 Å². The van der Waals surface area contributed by atoms with Crippen molar-refractivity contribution >= 4 is 17.1 Å². The summed E-state index contributed by atoms with van der Waals surface area (Å²) in [6, 6.07) is 0. The van der Waals surface area contributed by atoms with E-state index in [4.69, 9.17) is 0 Å². The molecular weight excluding hydrogens is 218 g/mol. The summed E-state index contributed by atoms with van der Waals surface area (Å²) >= 11 is 1.55. The fraction of sp³-hybridized carbons (Fsp3) is 0.692. The van der Waals surface area contributed by atoms with Crippen LogP contribution in [0.5, 0.6) is 0 Å². The van der Waals surface area contributed by atoms with Crippen molar-refractivity contribution in [2.75, 3.05) is 0 Å². The molecule has 0 N–H and O–H groups in total. The van der Waals surface area contributed by atoms with Gasteiger partial charge in [-0.15, -0.1) is 11.3 Å². The van der Waals surface area contributed by atoms with Gasteiger partial charge in [0.15, 0.2) is 5.78 Å². The highest BCUT2D eigenvalue weighted by atomic mass is 32.1. The number of carbonyl (C=O) groups is 1. The fourth-order valence-corrected chi connectivity index (χ4v) is 2.42. The van der Waals surface area contributed by atoms with Gasteiger partial charge in [-0.3, -0.25) is 4.79 Å². The van der Waals surface area contributed by atoms with Crippen LogP contribution in [-0.4, -0.2) is 10.8 Å². The maximum absolute atomic E-state index is 11.9. The molecule has 0 amide bonds. The lowest BCUT2D eigenvalue weighted by atomic mass is 9.93. The second kappa shape index (κ2) is 6.79. The van der Waals surface area contributed by atoms with Gasteiger partial charge in [0.25, 0.3) is 0 Å². The molecule has 0 aliphatic rings. The van der Waals surface area contributed by atoms with Crippen molar-refractivity contribution in [3.63, 3.8) is 0 Å². The summed E-state index contributed by atoms with van der Waals surface area (Å²) in [5.74, 6) is 0.752. The molecule has 0 radical (unpaired) electrons. The predicted octanol–water partition coefficient (Wildman–Crippen LogP) is 4.24. The van der Waals surface area contributed by atoms with Gasteiger partial charge in [-0.2, -0.15) is 0 Å². The zero-order chi connectivity index (χ0) is 12.0. The molecule has 1 atom stereocenters. The number of hydrogen-bond donors (Lipinski definition) is 0. The normalized spacial score (nSPS) is 12.7. The first-order chi connectivity index (χ1) is 7.67. The lowest BCUT2D eigenvalue weighted by Crippen LogP contribution is -2.08. The standard InChI is InChI=1S/C13H21NOS/c1-4-6-7-11(5-2)8-13(15)12-9-16-10(3)14-12/h9,11H,4-8H2,1-3H3. The number of ketones is 1. The van der Waals surface area contributed by atoms with Gasteiger partial charge in [-0.1, -0.05) is 39.5 Å². The van der Waals surface area contributed by atoms with E-state index in [9.17, 15) is 4.79 Å². The fourth-order valence-electron chi connectivity index (χ4n) is 1.80. The molecule has 0 aliphatic heterocycles. The van der Waals surface area contributed by atoms with E-state index in [2.05, 4.69) is 18.8 Å². The van der Waals surface area contributed by atoms with Crippen LogP contribution in [0.15, 0.2) is 5.38 Å². The number of nitrogens with zero attached hydrogens (tertiary/aromatic N) is 1. The van der Waals surface area contributed by atoms with Crippen molar-refractivity contribution in [3.8, 4) is 0 Å². The van der Waals surface area contributed by atoms with E-state index in [1.807, 2.05) is 12.3 Å². The Morgan fingerprint density at radius 2 is 2.25 bits per heavy atom. The van der Waals surface area contributed by atoms with Gasteiger partial charge in [-0.25, -0.2) is 4.98 Å². The van der Waals surface area contributed by atoms with Crippen LogP contribution < -0.4 is 0 Å². The molecule has 0 aliphatic carbocycles. The van der Waals surface area contributed by atoms with Crippen LogP contribution in [0.3, 0.4) is 0 Å². The van der Waals surface area contributed by atoms with Gasteiger partial charge < -0.3 is 0 Å². The van der Waals surface area contributed by atoms with E-state index in [1.165, 1.54) is 19.3 Å². The van der Waals surface area contributed by atoms with E-state index in [0.29, 0.717) is 18.0 Å². The Morgan fingerprint density at radius 1 is 1.50 bits per heavy atom. The monoisotopic (exact) mass is 239 g/mol. The molecule has 1 unspecified atom stereocenters. The molecule has 1 aromatic rings. The number of hydrogen-bond acceptors (Lipinski definition) is 3. The Labute approximate surface area is 102 Å². The maximum Gasteiger partial charge on any atom is 0.182 e. The number of rotatable bonds is 7. The molecule has 0 fully saturated rings. The number of carbonyl (C=O) groups excluding carboxylic acids is 1. The summed E-state index contributed by atoms with van der Waals surface area (Å²) in [5, 5.41) is 2.86. The average Bonchev–Trinajstić information content (AvgIpc) is 2.70. The molecule has 16 heavy (non-hydrogen) atoms. The van der Waals surface area contributed by atoms with Crippen LogP contribution in [0.4, 0.5) is 0 Å². The third kappa shape index (κ3) is 4.05. The molecule has 2 nitrogen and oxygen atoms in total. The third-order valence-electron chi connectivity index (χ3n) is 2.92. The molecule has 90 valence electrons. The SMILES string of the molecule is CCCCC(CC)CC(=O)c1csc(C)n1. The van der Waals surface area contributed by atoms with Crippen LogP contribution >= 0.6 is 11.3 Å². The highest BCUT2D eigenvalue weighted by Gasteiger charge is 2.15. The van der Waals surface area contributed by atoms with Crippen molar-refractivity contribution in [3.05, 3.63) is 16.1 Å². The minimum absolute atomic E-state index is 0.215. The van der Waals surface area contributed by atoms with E-state index in [0.717, 1.165) is 11.4 Å². The van der Waals surface area contributed by atoms with Gasteiger partial charge in [0.2, 0.25) is 0 Å². The highest BCUT2D eigenvalue weighted by molar-refractivity contribution is 7.09.